The molecule has 1 aliphatic rings. The molecule has 12 heavy (non-hydrogen) atoms. The number of fused-ring (bicyclic) bond motifs is 1. The summed E-state index contributed by atoms with van der Waals surface area (Å²) in [5.74, 6) is 0. The molecular formula is C9H14N2S. The molecule has 2 N–H and O–H groups in total. The average Bonchev–Trinajstić information content (AvgIpc) is 2.48. The van der Waals surface area contributed by atoms with Crippen LogP contribution in [0.3, 0.4) is 0 Å². The van der Waals surface area contributed by atoms with Crippen molar-refractivity contribution in [3.05, 3.63) is 24.3 Å². The number of nitrogens with one attached hydrogen (secondary N) is 2. The fourth-order valence-electron chi connectivity index (χ4n) is 1.07. The molecule has 0 unspecified atom stereocenters. The predicted octanol–water partition coefficient (Wildman–Crippen LogP) is 2.76. The molecule has 0 fully saturated rings. The van der Waals surface area contributed by atoms with E-state index in [1.807, 2.05) is 38.1 Å². The number of hydrogen-bond acceptors (Lipinski definition) is 3. The van der Waals surface area contributed by atoms with Gasteiger partial charge in [0.1, 0.15) is 5.50 Å². The minimum Gasteiger partial charge on any atom is -0.355 e. The Labute approximate surface area is 78.8 Å². The third-order valence-corrected chi connectivity index (χ3v) is 1.77. The molecule has 0 radical (unpaired) electrons. The van der Waals surface area contributed by atoms with Gasteiger partial charge in [0.05, 0.1) is 11.4 Å². The quantitative estimate of drug-likeness (QED) is 0.537. The number of thiol groups is 1. The van der Waals surface area contributed by atoms with Crippen LogP contribution in [0, 0.1) is 0 Å². The van der Waals surface area contributed by atoms with Gasteiger partial charge >= 0.3 is 0 Å². The number of benzene rings is 1. The maximum atomic E-state index is 4.22. The van der Waals surface area contributed by atoms with Crippen LogP contribution in [0.15, 0.2) is 24.3 Å². The van der Waals surface area contributed by atoms with Crippen LogP contribution >= 0.6 is 12.6 Å². The van der Waals surface area contributed by atoms with Gasteiger partial charge in [-0.2, -0.15) is 0 Å². The van der Waals surface area contributed by atoms with Crippen molar-refractivity contribution in [1.82, 2.24) is 0 Å². The van der Waals surface area contributed by atoms with Gasteiger partial charge in [0.15, 0.2) is 0 Å². The van der Waals surface area contributed by atoms with Gasteiger partial charge in [-0.3, -0.25) is 0 Å². The minimum atomic E-state index is 0.0670. The van der Waals surface area contributed by atoms with Gasteiger partial charge in [-0.25, -0.2) is 0 Å². The number of anilines is 2. The first-order chi connectivity index (χ1) is 5.86. The summed E-state index contributed by atoms with van der Waals surface area (Å²) >= 11 is 4.22. The van der Waals surface area contributed by atoms with Crippen molar-refractivity contribution in [3.63, 3.8) is 0 Å². The van der Waals surface area contributed by atoms with E-state index in [1.165, 1.54) is 0 Å². The molecule has 0 aliphatic carbocycles. The minimum absolute atomic E-state index is 0.0670. The van der Waals surface area contributed by atoms with E-state index in [4.69, 9.17) is 0 Å². The third-order valence-electron chi connectivity index (χ3n) is 1.51. The van der Waals surface area contributed by atoms with Gasteiger partial charge in [0, 0.05) is 0 Å². The van der Waals surface area contributed by atoms with Crippen LogP contribution in [-0.2, 0) is 0 Å². The Balaban J connectivity index is 0.000000336. The summed E-state index contributed by atoms with van der Waals surface area (Å²) in [6.07, 6.45) is 0. The molecule has 0 spiro atoms. The molecule has 1 aromatic rings. The lowest BCUT2D eigenvalue weighted by atomic mass is 10.3. The average molecular weight is 182 g/mol. The van der Waals surface area contributed by atoms with Gasteiger partial charge < -0.3 is 10.6 Å². The first-order valence-corrected chi connectivity index (χ1v) is 4.68. The molecular weight excluding hydrogens is 168 g/mol. The molecule has 3 heteroatoms. The lowest BCUT2D eigenvalue weighted by Crippen LogP contribution is -2.12. The maximum Gasteiger partial charge on any atom is 0.143 e. The second kappa shape index (κ2) is 4.26. The van der Waals surface area contributed by atoms with Crippen molar-refractivity contribution in [2.75, 3.05) is 10.6 Å². The fourth-order valence-corrected chi connectivity index (χ4v) is 1.34. The lowest BCUT2D eigenvalue weighted by Gasteiger charge is -2.00. The molecule has 0 atom stereocenters. The van der Waals surface area contributed by atoms with Gasteiger partial charge in [-0.15, -0.1) is 12.6 Å². The maximum absolute atomic E-state index is 4.22. The highest BCUT2D eigenvalue weighted by Gasteiger charge is 2.13. The largest absolute Gasteiger partial charge is 0.355 e. The van der Waals surface area contributed by atoms with E-state index in [0.717, 1.165) is 11.4 Å². The highest BCUT2D eigenvalue weighted by Crippen LogP contribution is 2.28. The summed E-state index contributed by atoms with van der Waals surface area (Å²) in [5.41, 5.74) is 2.32. The Hall–Kier alpha value is -0.830. The zero-order valence-electron chi connectivity index (χ0n) is 7.33. The molecule has 66 valence electrons. The van der Waals surface area contributed by atoms with E-state index in [0.29, 0.717) is 0 Å². The SMILES string of the molecule is CC.SC1Nc2ccccc2N1. The Morgan fingerprint density at radius 1 is 1.08 bits per heavy atom. The van der Waals surface area contributed by atoms with Crippen LogP contribution in [0.2, 0.25) is 0 Å². The molecule has 1 heterocycles. The second-order valence-corrected chi connectivity index (χ2v) is 2.75. The summed E-state index contributed by atoms with van der Waals surface area (Å²) in [7, 11) is 0. The van der Waals surface area contributed by atoms with Crippen molar-refractivity contribution in [2.24, 2.45) is 0 Å². The first kappa shape index (κ1) is 9.26. The summed E-state index contributed by atoms with van der Waals surface area (Å²) in [6.45, 7) is 4.00. The van der Waals surface area contributed by atoms with Crippen LogP contribution in [0.4, 0.5) is 11.4 Å². The molecule has 0 aromatic heterocycles. The highest BCUT2D eigenvalue weighted by atomic mass is 32.1. The van der Waals surface area contributed by atoms with Crippen LogP contribution < -0.4 is 10.6 Å². The van der Waals surface area contributed by atoms with Crippen molar-refractivity contribution < 1.29 is 0 Å². The number of hydrogen-bond donors (Lipinski definition) is 3. The van der Waals surface area contributed by atoms with E-state index >= 15 is 0 Å². The van der Waals surface area contributed by atoms with Gasteiger partial charge in [-0.05, 0) is 12.1 Å². The first-order valence-electron chi connectivity index (χ1n) is 4.16. The Morgan fingerprint density at radius 2 is 1.50 bits per heavy atom. The molecule has 0 amide bonds. The molecule has 1 aliphatic heterocycles. The van der Waals surface area contributed by atoms with Crippen molar-refractivity contribution in [3.8, 4) is 0 Å². The lowest BCUT2D eigenvalue weighted by molar-refractivity contribution is 1.22. The van der Waals surface area contributed by atoms with Crippen LogP contribution in [-0.4, -0.2) is 5.50 Å². The Bertz CT molecular complexity index is 225. The smallest absolute Gasteiger partial charge is 0.143 e. The molecule has 0 saturated heterocycles. The van der Waals surface area contributed by atoms with Gasteiger partial charge in [-0.1, -0.05) is 26.0 Å². The third kappa shape index (κ3) is 1.85. The summed E-state index contributed by atoms with van der Waals surface area (Å²) in [4.78, 5) is 0. The fraction of sp³-hybridized carbons (Fsp3) is 0.333. The van der Waals surface area contributed by atoms with E-state index in [-0.39, 0.29) is 5.50 Å². The van der Waals surface area contributed by atoms with Crippen molar-refractivity contribution in [1.29, 1.82) is 0 Å². The van der Waals surface area contributed by atoms with Crippen LogP contribution in [0.5, 0.6) is 0 Å². The standard InChI is InChI=1S/C7H8N2S.C2H6/c10-7-8-5-3-1-2-4-6(5)9-7;1-2/h1-4,7-10H;1-2H3. The Morgan fingerprint density at radius 3 is 1.92 bits per heavy atom. The monoisotopic (exact) mass is 182 g/mol. The zero-order valence-corrected chi connectivity index (χ0v) is 8.23. The second-order valence-electron chi connectivity index (χ2n) is 2.24. The Kier molecular flexibility index (Phi) is 3.29. The van der Waals surface area contributed by atoms with Crippen LogP contribution in [0.25, 0.3) is 0 Å². The summed E-state index contributed by atoms with van der Waals surface area (Å²) in [6, 6.07) is 8.05. The van der Waals surface area contributed by atoms with Gasteiger partial charge in [0.2, 0.25) is 0 Å². The van der Waals surface area contributed by atoms with E-state index in [1.54, 1.807) is 0 Å². The van der Waals surface area contributed by atoms with Crippen LogP contribution in [0.1, 0.15) is 13.8 Å². The summed E-state index contributed by atoms with van der Waals surface area (Å²) < 4.78 is 0. The van der Waals surface area contributed by atoms with E-state index in [2.05, 4.69) is 23.3 Å². The summed E-state index contributed by atoms with van der Waals surface area (Å²) in [5, 5.41) is 6.30. The van der Waals surface area contributed by atoms with Crippen molar-refractivity contribution >= 4 is 24.0 Å². The van der Waals surface area contributed by atoms with E-state index < -0.39 is 0 Å². The molecule has 1 aromatic carbocycles. The molecule has 0 bridgehead atoms. The number of para-hydroxylation sites is 2. The predicted molar refractivity (Wildman–Crippen MR) is 57.8 cm³/mol. The molecule has 0 saturated carbocycles. The molecule has 2 nitrogen and oxygen atoms in total. The zero-order chi connectivity index (χ0) is 8.97. The van der Waals surface area contributed by atoms with Gasteiger partial charge in [0.25, 0.3) is 0 Å². The van der Waals surface area contributed by atoms with E-state index in [9.17, 15) is 0 Å². The molecule has 2 rings (SSSR count). The normalized spacial score (nSPS) is 13.6. The number of rotatable bonds is 0. The van der Waals surface area contributed by atoms with Crippen molar-refractivity contribution in [2.45, 2.75) is 19.3 Å². The topological polar surface area (TPSA) is 24.1 Å². The highest BCUT2D eigenvalue weighted by molar-refractivity contribution is 7.81.